The lowest BCUT2D eigenvalue weighted by Crippen LogP contribution is -2.57. The first-order valence-electron chi connectivity index (χ1n) is 11.9. The fourth-order valence-electron chi connectivity index (χ4n) is 5.14. The van der Waals surface area contributed by atoms with Crippen molar-refractivity contribution >= 4 is 13.5 Å². The van der Waals surface area contributed by atoms with Crippen molar-refractivity contribution in [2.24, 2.45) is 11.7 Å². The molecule has 2 aliphatic rings. The summed E-state index contributed by atoms with van der Waals surface area (Å²) in [6, 6.07) is 9.28. The van der Waals surface area contributed by atoms with E-state index in [1.165, 1.54) is 36.8 Å². The Kier molecular flexibility index (Phi) is 10.4. The van der Waals surface area contributed by atoms with E-state index >= 15 is 0 Å². The molecule has 0 amide bonds. The van der Waals surface area contributed by atoms with E-state index in [2.05, 4.69) is 29.2 Å². The van der Waals surface area contributed by atoms with Crippen LogP contribution in [-0.2, 0) is 11.2 Å². The first-order chi connectivity index (χ1) is 14.6. The van der Waals surface area contributed by atoms with Crippen LogP contribution in [0, 0.1) is 5.92 Å². The number of rotatable bonds is 8. The van der Waals surface area contributed by atoms with Gasteiger partial charge in [-0.25, -0.2) is 0 Å². The highest BCUT2D eigenvalue weighted by Crippen LogP contribution is 2.38. The molecule has 167 valence electrons. The minimum Gasteiger partial charge on any atom is -0.480 e. The van der Waals surface area contributed by atoms with Gasteiger partial charge in [-0.05, 0) is 68.7 Å². The van der Waals surface area contributed by atoms with E-state index in [0.29, 0.717) is 18.8 Å². The number of likely N-dealkylation sites (tertiary alicyclic amines) is 1. The van der Waals surface area contributed by atoms with Gasteiger partial charge in [-0.3, -0.25) is 9.69 Å². The molecule has 2 unspecified atom stereocenters. The third-order valence-electron chi connectivity index (χ3n) is 6.86. The number of hydrogen-bond acceptors (Lipinski definition) is 4. The number of unbranched alkanes of at least 4 members (excludes halogenated alkanes) is 1. The predicted octanol–water partition coefficient (Wildman–Crippen LogP) is 4.17. The third kappa shape index (κ3) is 6.08. The van der Waals surface area contributed by atoms with Crippen LogP contribution >= 0.6 is 0 Å². The van der Waals surface area contributed by atoms with Crippen molar-refractivity contribution < 1.29 is 14.9 Å². The highest BCUT2D eigenvalue weighted by Gasteiger charge is 2.43. The van der Waals surface area contributed by atoms with Crippen LogP contribution in [0.1, 0.15) is 82.4 Å². The van der Waals surface area contributed by atoms with Crippen molar-refractivity contribution in [2.45, 2.75) is 89.5 Å². The summed E-state index contributed by atoms with van der Waals surface area (Å²) in [5, 5.41) is 18.6. The average Bonchev–Trinajstić information content (AvgIpc) is 3.00. The number of piperidine rings is 1. The van der Waals surface area contributed by atoms with Crippen LogP contribution in [-0.4, -0.2) is 47.1 Å². The Morgan fingerprint density at radius 2 is 1.87 bits per heavy atom. The average molecular weight is 415 g/mol. The molecule has 1 radical (unpaired) electrons. The molecule has 1 aromatic rings. The number of carboxylic acid groups (broad SMARTS) is 1. The molecule has 30 heavy (non-hydrogen) atoms. The van der Waals surface area contributed by atoms with Crippen molar-refractivity contribution in [1.82, 2.24) is 4.90 Å². The maximum atomic E-state index is 12.0. The van der Waals surface area contributed by atoms with Crippen molar-refractivity contribution in [3.05, 3.63) is 35.4 Å². The number of fused-ring (bicyclic) bond motifs is 1. The highest BCUT2D eigenvalue weighted by molar-refractivity contribution is 6.25. The number of aliphatic carboxylic acids is 1. The molecule has 5 nitrogen and oxygen atoms in total. The number of hydrogen-bond donors (Lipinski definition) is 3. The van der Waals surface area contributed by atoms with Crippen LogP contribution in [0.3, 0.4) is 0 Å². The molecule has 1 fully saturated rings. The number of carboxylic acids is 1. The normalized spacial score (nSPS) is 22.1. The number of carbonyl (C=O) groups is 1. The maximum absolute atomic E-state index is 12.0. The summed E-state index contributed by atoms with van der Waals surface area (Å²) in [4.78, 5) is 14.5. The summed E-state index contributed by atoms with van der Waals surface area (Å²) in [6.45, 7) is 5.83. The lowest BCUT2D eigenvalue weighted by atomic mass is 9.74. The van der Waals surface area contributed by atoms with Crippen LogP contribution in [0.2, 0.25) is 6.32 Å². The van der Waals surface area contributed by atoms with Gasteiger partial charge in [0.25, 0.3) is 7.48 Å². The molecular formula is C24H40BN2O3. The molecule has 2 atom stereocenters. The molecule has 1 aliphatic carbocycles. The lowest BCUT2D eigenvalue weighted by Gasteiger charge is -2.43. The molecule has 0 bridgehead atoms. The summed E-state index contributed by atoms with van der Waals surface area (Å²) in [5.74, 6) is -0.862. The van der Waals surface area contributed by atoms with Gasteiger partial charge in [-0.1, -0.05) is 63.7 Å². The Morgan fingerprint density at radius 3 is 2.53 bits per heavy atom. The molecule has 6 heteroatoms. The van der Waals surface area contributed by atoms with Crippen molar-refractivity contribution in [3.8, 4) is 0 Å². The summed E-state index contributed by atoms with van der Waals surface area (Å²) < 4.78 is 0. The Morgan fingerprint density at radius 1 is 1.17 bits per heavy atom. The second kappa shape index (κ2) is 12.5. The van der Waals surface area contributed by atoms with Gasteiger partial charge < -0.3 is 15.9 Å². The van der Waals surface area contributed by atoms with E-state index in [-0.39, 0.29) is 5.92 Å². The lowest BCUT2D eigenvalue weighted by molar-refractivity contribution is -0.147. The van der Waals surface area contributed by atoms with Gasteiger partial charge in [-0.15, -0.1) is 0 Å². The second-order valence-electron chi connectivity index (χ2n) is 8.54. The fourth-order valence-corrected chi connectivity index (χ4v) is 5.14. The summed E-state index contributed by atoms with van der Waals surface area (Å²) in [7, 11) is 1.14. The molecule has 1 saturated heterocycles. The van der Waals surface area contributed by atoms with Crippen LogP contribution in [0.4, 0.5) is 0 Å². The molecule has 1 heterocycles. The third-order valence-corrected chi connectivity index (χ3v) is 6.86. The quantitative estimate of drug-likeness (QED) is 0.337. The topological polar surface area (TPSA) is 86.8 Å². The highest BCUT2D eigenvalue weighted by atomic mass is 16.4. The number of benzene rings is 1. The number of nitrogens with two attached hydrogens (primary N) is 1. The standard InChI is InChI=1S/C22H34BN2O3.C2H6/c24-22(21(26)27,13-5-6-14-23-28)18-11-15-25(16-12-18)20-10-4-2-8-17-7-1-3-9-19(17)20;1-2/h1,3,7,9,18,20,28H,2,4-6,8,10-16,24H2,(H,26,27);1-2H3. The monoisotopic (exact) mass is 415 g/mol. The molecular weight excluding hydrogens is 375 g/mol. The minimum absolute atomic E-state index is 0.0142. The number of aryl methyl sites for hydroxylation is 1. The zero-order valence-corrected chi connectivity index (χ0v) is 18.9. The van der Waals surface area contributed by atoms with Crippen LogP contribution in [0.5, 0.6) is 0 Å². The Balaban J connectivity index is 0.00000155. The van der Waals surface area contributed by atoms with E-state index in [0.717, 1.165) is 46.3 Å². The van der Waals surface area contributed by atoms with Crippen molar-refractivity contribution in [3.63, 3.8) is 0 Å². The molecule has 0 saturated carbocycles. The van der Waals surface area contributed by atoms with Gasteiger partial charge in [-0.2, -0.15) is 0 Å². The van der Waals surface area contributed by atoms with Crippen LogP contribution < -0.4 is 5.73 Å². The molecule has 1 aromatic carbocycles. The summed E-state index contributed by atoms with van der Waals surface area (Å²) in [6.07, 6.45) is 9.11. The van der Waals surface area contributed by atoms with E-state index in [1.807, 2.05) is 13.8 Å². The zero-order valence-electron chi connectivity index (χ0n) is 18.9. The summed E-state index contributed by atoms with van der Waals surface area (Å²) in [5.41, 5.74) is 8.23. The SMILES string of the molecule is CC.NC(CCCC[B]O)(C(=O)O)C1CCN(C2CCCCc3ccccc32)CC1. The van der Waals surface area contributed by atoms with Crippen molar-refractivity contribution in [2.75, 3.05) is 13.1 Å². The van der Waals surface area contributed by atoms with E-state index < -0.39 is 11.5 Å². The van der Waals surface area contributed by atoms with Crippen LogP contribution in [0.15, 0.2) is 24.3 Å². The molecule has 0 spiro atoms. The van der Waals surface area contributed by atoms with Gasteiger partial charge in [0, 0.05) is 6.04 Å². The smallest absolute Gasteiger partial charge is 0.323 e. The van der Waals surface area contributed by atoms with Crippen LogP contribution in [0.25, 0.3) is 0 Å². The Labute approximate surface area is 183 Å². The maximum Gasteiger partial charge on any atom is 0.323 e. The first kappa shape index (κ1) is 24.9. The predicted molar refractivity (Wildman–Crippen MR) is 124 cm³/mol. The first-order valence-corrected chi connectivity index (χ1v) is 11.9. The fraction of sp³-hybridized carbons (Fsp3) is 0.708. The number of nitrogens with zero attached hydrogens (tertiary/aromatic N) is 1. The van der Waals surface area contributed by atoms with E-state index in [4.69, 9.17) is 10.8 Å². The Bertz CT molecular complexity index is 649. The van der Waals surface area contributed by atoms with Gasteiger partial charge in [0.1, 0.15) is 5.54 Å². The van der Waals surface area contributed by atoms with Gasteiger partial charge in [0.05, 0.1) is 0 Å². The molecule has 3 rings (SSSR count). The van der Waals surface area contributed by atoms with Crippen molar-refractivity contribution in [1.29, 1.82) is 0 Å². The zero-order chi connectivity index (χ0) is 22.0. The molecule has 0 aromatic heterocycles. The Hall–Kier alpha value is -1.37. The summed E-state index contributed by atoms with van der Waals surface area (Å²) >= 11 is 0. The molecule has 1 aliphatic heterocycles. The minimum atomic E-state index is -1.15. The van der Waals surface area contributed by atoms with E-state index in [9.17, 15) is 9.90 Å². The molecule has 4 N–H and O–H groups in total. The van der Waals surface area contributed by atoms with E-state index in [1.54, 1.807) is 0 Å². The second-order valence-corrected chi connectivity index (χ2v) is 8.54. The van der Waals surface area contributed by atoms with Gasteiger partial charge >= 0.3 is 5.97 Å². The van der Waals surface area contributed by atoms with Gasteiger partial charge in [0.15, 0.2) is 0 Å². The largest absolute Gasteiger partial charge is 0.480 e. The van der Waals surface area contributed by atoms with Gasteiger partial charge in [0.2, 0.25) is 0 Å².